The van der Waals surface area contributed by atoms with E-state index in [2.05, 4.69) is 9.84 Å². The van der Waals surface area contributed by atoms with Crippen LogP contribution in [0.1, 0.15) is 34.6 Å². The molecule has 4 aromatic rings. The van der Waals surface area contributed by atoms with E-state index in [9.17, 15) is 18.0 Å². The molecule has 0 saturated heterocycles. The van der Waals surface area contributed by atoms with Crippen LogP contribution >= 0.6 is 0 Å². The van der Waals surface area contributed by atoms with Gasteiger partial charge in [-0.25, -0.2) is 4.99 Å². The number of rotatable bonds is 5. The number of benzene rings is 3. The molecule has 0 N–H and O–H groups in total. The second-order valence-electron chi connectivity index (χ2n) is 8.32. The number of alkyl halides is 3. The number of carbonyl (C=O) groups excluding carboxylic acids is 1. The second kappa shape index (κ2) is 9.33. The van der Waals surface area contributed by atoms with Gasteiger partial charge in [0, 0.05) is 23.4 Å². The third-order valence-corrected chi connectivity index (χ3v) is 5.80. The van der Waals surface area contributed by atoms with Gasteiger partial charge < -0.3 is 9.64 Å². The van der Waals surface area contributed by atoms with Crippen molar-refractivity contribution in [1.29, 1.82) is 0 Å². The molecule has 0 fully saturated rings. The molecule has 1 aliphatic heterocycles. The summed E-state index contributed by atoms with van der Waals surface area (Å²) < 4.78 is 43.2. The van der Waals surface area contributed by atoms with Gasteiger partial charge in [-0.2, -0.15) is 5.10 Å². The van der Waals surface area contributed by atoms with E-state index in [4.69, 9.17) is 4.99 Å². The van der Waals surface area contributed by atoms with Crippen LogP contribution in [0.3, 0.4) is 0 Å². The van der Waals surface area contributed by atoms with Crippen LogP contribution in [0, 0.1) is 0 Å². The minimum Gasteiger partial charge on any atom is -0.406 e. The molecule has 0 aliphatic carbocycles. The van der Waals surface area contributed by atoms with Gasteiger partial charge in [0.1, 0.15) is 11.4 Å². The van der Waals surface area contributed by atoms with E-state index in [1.54, 1.807) is 10.9 Å². The summed E-state index contributed by atoms with van der Waals surface area (Å²) in [5.41, 5.74) is 3.65. The van der Waals surface area contributed by atoms with Crippen LogP contribution in [-0.4, -0.2) is 34.3 Å². The molecule has 0 spiro atoms. The average Bonchev–Trinajstić information content (AvgIpc) is 3.30. The Hall–Kier alpha value is -4.40. The third-order valence-electron chi connectivity index (χ3n) is 5.80. The van der Waals surface area contributed by atoms with Crippen molar-refractivity contribution in [3.05, 3.63) is 108 Å². The van der Waals surface area contributed by atoms with Gasteiger partial charge in [0.25, 0.3) is 5.91 Å². The van der Waals surface area contributed by atoms with Gasteiger partial charge in [0.05, 0.1) is 18.0 Å². The Kier molecular flexibility index (Phi) is 6.05. The number of hydrogen-bond acceptors (Lipinski definition) is 4. The first kappa shape index (κ1) is 23.3. The van der Waals surface area contributed by atoms with Crippen LogP contribution in [0.15, 0.2) is 96.1 Å². The SMILES string of the molecule is CC1CN(c2ccc(OC(F)(F)F)cc2)C(=O)c2c(N=C(c3ccccc3)c3ccccc3)cnn21. The highest BCUT2D eigenvalue weighted by Crippen LogP contribution is 2.33. The number of carbonyl (C=O) groups is 1. The highest BCUT2D eigenvalue weighted by atomic mass is 19.4. The maximum Gasteiger partial charge on any atom is 0.573 e. The van der Waals surface area contributed by atoms with Gasteiger partial charge in [0.2, 0.25) is 0 Å². The topological polar surface area (TPSA) is 59.7 Å². The number of nitrogens with zero attached hydrogens (tertiary/aromatic N) is 4. The molecule has 1 aromatic heterocycles. The predicted molar refractivity (Wildman–Crippen MR) is 130 cm³/mol. The van der Waals surface area contributed by atoms with Gasteiger partial charge in [-0.3, -0.25) is 9.48 Å². The van der Waals surface area contributed by atoms with Crippen LogP contribution in [0.25, 0.3) is 0 Å². The van der Waals surface area contributed by atoms with Crippen molar-refractivity contribution in [2.24, 2.45) is 4.99 Å². The maximum atomic E-state index is 13.6. The van der Waals surface area contributed by atoms with E-state index in [0.29, 0.717) is 29.3 Å². The van der Waals surface area contributed by atoms with E-state index >= 15 is 0 Å². The number of aromatic nitrogens is 2. The van der Waals surface area contributed by atoms with E-state index in [1.165, 1.54) is 29.2 Å². The molecule has 5 rings (SSSR count). The number of ether oxygens (including phenoxy) is 1. The number of aliphatic imine (C=N–C) groups is 1. The van der Waals surface area contributed by atoms with Crippen LogP contribution in [0.2, 0.25) is 0 Å². The Morgan fingerprint density at radius 1 is 0.944 bits per heavy atom. The van der Waals surface area contributed by atoms with Gasteiger partial charge in [0.15, 0.2) is 5.69 Å². The molecule has 182 valence electrons. The first-order valence-electron chi connectivity index (χ1n) is 11.2. The molecule has 3 aromatic carbocycles. The first-order valence-corrected chi connectivity index (χ1v) is 11.2. The number of anilines is 1. The molecule has 9 heteroatoms. The zero-order chi connectivity index (χ0) is 25.3. The normalized spacial score (nSPS) is 15.4. The highest BCUT2D eigenvalue weighted by Gasteiger charge is 2.34. The van der Waals surface area contributed by atoms with Gasteiger partial charge in [-0.1, -0.05) is 60.7 Å². The lowest BCUT2D eigenvalue weighted by molar-refractivity contribution is -0.274. The Morgan fingerprint density at radius 2 is 1.53 bits per heavy atom. The van der Waals surface area contributed by atoms with Crippen molar-refractivity contribution < 1.29 is 22.7 Å². The average molecular weight is 490 g/mol. The smallest absolute Gasteiger partial charge is 0.406 e. The zero-order valence-electron chi connectivity index (χ0n) is 19.2. The van der Waals surface area contributed by atoms with Gasteiger partial charge >= 0.3 is 6.36 Å². The number of halogens is 3. The summed E-state index contributed by atoms with van der Waals surface area (Å²) in [6.07, 6.45) is -3.22. The zero-order valence-corrected chi connectivity index (χ0v) is 19.2. The minimum absolute atomic E-state index is 0.176. The predicted octanol–water partition coefficient (Wildman–Crippen LogP) is 6.17. The van der Waals surface area contributed by atoms with Crippen molar-refractivity contribution >= 4 is 23.0 Å². The molecule has 0 radical (unpaired) electrons. The summed E-state index contributed by atoms with van der Waals surface area (Å²) in [5, 5.41) is 4.43. The molecule has 1 unspecified atom stereocenters. The summed E-state index contributed by atoms with van der Waals surface area (Å²) in [5.74, 6) is -0.691. The fourth-order valence-electron chi connectivity index (χ4n) is 4.19. The molecule has 1 atom stereocenters. The van der Waals surface area contributed by atoms with Crippen molar-refractivity contribution in [1.82, 2.24) is 9.78 Å². The summed E-state index contributed by atoms with van der Waals surface area (Å²) in [7, 11) is 0. The summed E-state index contributed by atoms with van der Waals surface area (Å²) in [6.45, 7) is 2.22. The Bertz CT molecular complexity index is 1360. The van der Waals surface area contributed by atoms with E-state index in [1.807, 2.05) is 67.6 Å². The van der Waals surface area contributed by atoms with E-state index in [-0.39, 0.29) is 17.7 Å². The lowest BCUT2D eigenvalue weighted by atomic mass is 10.0. The molecule has 1 amide bonds. The minimum atomic E-state index is -4.79. The fourth-order valence-corrected chi connectivity index (χ4v) is 4.19. The summed E-state index contributed by atoms with van der Waals surface area (Å²) >= 11 is 0. The van der Waals surface area contributed by atoms with Crippen LogP contribution in [0.4, 0.5) is 24.5 Å². The quantitative estimate of drug-likeness (QED) is 0.314. The molecule has 6 nitrogen and oxygen atoms in total. The van der Waals surface area contributed by atoms with E-state index < -0.39 is 6.36 Å². The monoisotopic (exact) mass is 490 g/mol. The van der Waals surface area contributed by atoms with Crippen LogP contribution < -0.4 is 9.64 Å². The second-order valence-corrected chi connectivity index (χ2v) is 8.32. The first-order chi connectivity index (χ1) is 17.3. The number of fused-ring (bicyclic) bond motifs is 1. The number of hydrogen-bond donors (Lipinski definition) is 0. The molecule has 36 heavy (non-hydrogen) atoms. The van der Waals surface area contributed by atoms with Crippen LogP contribution in [0.5, 0.6) is 5.75 Å². The Labute approximate surface area is 205 Å². The number of amides is 1. The highest BCUT2D eigenvalue weighted by molar-refractivity contribution is 6.15. The summed E-state index contributed by atoms with van der Waals surface area (Å²) in [4.78, 5) is 20.0. The fraction of sp³-hybridized carbons (Fsp3) is 0.148. The van der Waals surface area contributed by atoms with E-state index in [0.717, 1.165) is 11.1 Å². The third kappa shape index (κ3) is 4.72. The largest absolute Gasteiger partial charge is 0.573 e. The van der Waals surface area contributed by atoms with Crippen molar-refractivity contribution in [2.45, 2.75) is 19.3 Å². The van der Waals surface area contributed by atoms with Crippen molar-refractivity contribution in [2.75, 3.05) is 11.4 Å². The molecule has 0 saturated carbocycles. The lowest BCUT2D eigenvalue weighted by Crippen LogP contribution is -2.42. The molecule has 1 aliphatic rings. The van der Waals surface area contributed by atoms with Crippen LogP contribution in [-0.2, 0) is 0 Å². The lowest BCUT2D eigenvalue weighted by Gasteiger charge is -2.32. The summed E-state index contributed by atoms with van der Waals surface area (Å²) in [6, 6.07) is 24.4. The molecular weight excluding hydrogens is 469 g/mol. The molecule has 2 heterocycles. The maximum absolute atomic E-state index is 13.6. The molecular formula is C27H21F3N4O2. The van der Waals surface area contributed by atoms with Crippen molar-refractivity contribution in [3.8, 4) is 5.75 Å². The van der Waals surface area contributed by atoms with Crippen molar-refractivity contribution in [3.63, 3.8) is 0 Å². The Balaban J connectivity index is 1.53. The van der Waals surface area contributed by atoms with Gasteiger partial charge in [-0.15, -0.1) is 13.2 Å². The van der Waals surface area contributed by atoms with Gasteiger partial charge in [-0.05, 0) is 31.2 Å². The molecule has 0 bridgehead atoms. The standard InChI is InChI=1S/C27H21F3N4O2/c1-18-17-33(21-12-14-22(15-13-21)36-27(28,29)30)26(35)25-23(16-31-34(18)25)32-24(19-8-4-2-5-9-19)20-10-6-3-7-11-20/h2-16,18H,17H2,1H3. The Morgan fingerprint density at radius 3 is 2.08 bits per heavy atom.